The molecule has 108 valence electrons. The van der Waals surface area contributed by atoms with E-state index in [1.165, 1.54) is 0 Å². The van der Waals surface area contributed by atoms with E-state index in [-0.39, 0.29) is 11.9 Å². The van der Waals surface area contributed by atoms with Crippen LogP contribution >= 0.6 is 0 Å². The van der Waals surface area contributed by atoms with Crippen LogP contribution in [0.25, 0.3) is 0 Å². The van der Waals surface area contributed by atoms with Gasteiger partial charge in [0.15, 0.2) is 5.78 Å². The topological polar surface area (TPSA) is 35.5 Å². The van der Waals surface area contributed by atoms with Crippen molar-refractivity contribution in [1.82, 2.24) is 0 Å². The molecule has 0 radical (unpaired) electrons. The predicted molar refractivity (Wildman–Crippen MR) is 80.7 cm³/mol. The highest BCUT2D eigenvalue weighted by molar-refractivity contribution is 6.00. The highest BCUT2D eigenvalue weighted by atomic mass is 16.5. The minimum Gasteiger partial charge on any atom is -0.484 e. The first kappa shape index (κ1) is 13.8. The number of carbonyl (C=O) groups excluding carboxylic acids is 1. The van der Waals surface area contributed by atoms with Crippen molar-refractivity contribution in [2.45, 2.75) is 26.1 Å². The summed E-state index contributed by atoms with van der Waals surface area (Å²) in [6, 6.07) is 13.8. The van der Waals surface area contributed by atoms with Gasteiger partial charge in [0.05, 0.1) is 18.6 Å². The van der Waals surface area contributed by atoms with Crippen LogP contribution in [-0.2, 0) is 11.3 Å². The molecule has 21 heavy (non-hydrogen) atoms. The normalized spacial score (nSPS) is 17.2. The molecule has 1 aliphatic rings. The first-order valence-electron chi connectivity index (χ1n) is 7.05. The first-order valence-corrected chi connectivity index (χ1v) is 7.05. The van der Waals surface area contributed by atoms with Gasteiger partial charge in [-0.2, -0.15) is 0 Å². The van der Waals surface area contributed by atoms with Crippen LogP contribution in [0.2, 0.25) is 0 Å². The van der Waals surface area contributed by atoms with Gasteiger partial charge in [-0.15, -0.1) is 0 Å². The highest BCUT2D eigenvalue weighted by Gasteiger charge is 2.27. The van der Waals surface area contributed by atoms with Gasteiger partial charge in [-0.3, -0.25) is 4.79 Å². The molecule has 0 fully saturated rings. The van der Waals surface area contributed by atoms with Gasteiger partial charge in [0.1, 0.15) is 11.9 Å². The van der Waals surface area contributed by atoms with Gasteiger partial charge >= 0.3 is 0 Å². The largest absolute Gasteiger partial charge is 0.484 e. The Morgan fingerprint density at radius 1 is 1.24 bits per heavy atom. The molecule has 0 bridgehead atoms. The summed E-state index contributed by atoms with van der Waals surface area (Å²) < 4.78 is 11.2. The third-order valence-corrected chi connectivity index (χ3v) is 3.71. The molecule has 3 nitrogen and oxygen atoms in total. The first-order chi connectivity index (χ1) is 10.2. The molecule has 1 heterocycles. The zero-order valence-corrected chi connectivity index (χ0v) is 12.3. The van der Waals surface area contributed by atoms with E-state index in [0.717, 1.165) is 16.7 Å². The average Bonchev–Trinajstić information content (AvgIpc) is 2.48. The van der Waals surface area contributed by atoms with Crippen LogP contribution in [0, 0.1) is 6.92 Å². The van der Waals surface area contributed by atoms with Crippen molar-refractivity contribution < 1.29 is 14.3 Å². The summed E-state index contributed by atoms with van der Waals surface area (Å²) in [6.45, 7) is 2.54. The van der Waals surface area contributed by atoms with E-state index in [2.05, 4.69) is 0 Å². The Hall–Kier alpha value is -2.13. The van der Waals surface area contributed by atoms with Crippen molar-refractivity contribution in [2.24, 2.45) is 0 Å². The van der Waals surface area contributed by atoms with Crippen LogP contribution < -0.4 is 4.74 Å². The minimum atomic E-state index is -0.218. The van der Waals surface area contributed by atoms with Crippen molar-refractivity contribution in [3.05, 3.63) is 64.7 Å². The van der Waals surface area contributed by atoms with Crippen LogP contribution in [0.3, 0.4) is 0 Å². The minimum absolute atomic E-state index is 0.141. The lowest BCUT2D eigenvalue weighted by molar-refractivity contribution is 0.0849. The Bertz CT molecular complexity index is 676. The summed E-state index contributed by atoms with van der Waals surface area (Å²) >= 11 is 0. The van der Waals surface area contributed by atoms with Crippen LogP contribution in [0.4, 0.5) is 0 Å². The number of rotatable bonds is 3. The Labute approximate surface area is 124 Å². The van der Waals surface area contributed by atoms with E-state index >= 15 is 0 Å². The molecular weight excluding hydrogens is 264 g/mol. The molecule has 0 aliphatic carbocycles. The summed E-state index contributed by atoms with van der Waals surface area (Å²) in [4.78, 5) is 12.3. The second-order valence-electron chi connectivity index (χ2n) is 5.41. The van der Waals surface area contributed by atoms with Crippen molar-refractivity contribution >= 4 is 5.78 Å². The second-order valence-corrected chi connectivity index (χ2v) is 5.41. The molecule has 0 N–H and O–H groups in total. The summed E-state index contributed by atoms with van der Waals surface area (Å²) in [7, 11) is 1.67. The number of methoxy groups -OCH3 is 1. The zero-order valence-electron chi connectivity index (χ0n) is 12.3. The molecule has 1 aliphatic heterocycles. The molecule has 2 aromatic carbocycles. The van der Waals surface area contributed by atoms with Crippen LogP contribution in [0.15, 0.2) is 42.5 Å². The Morgan fingerprint density at radius 3 is 2.90 bits per heavy atom. The van der Waals surface area contributed by atoms with Crippen LogP contribution in [0.1, 0.15) is 39.6 Å². The lowest BCUT2D eigenvalue weighted by atomic mass is 9.94. The van der Waals surface area contributed by atoms with Gasteiger partial charge in [-0.25, -0.2) is 0 Å². The van der Waals surface area contributed by atoms with Gasteiger partial charge in [0.25, 0.3) is 0 Å². The molecule has 3 rings (SSSR count). The van der Waals surface area contributed by atoms with E-state index in [1.807, 2.05) is 49.4 Å². The van der Waals surface area contributed by atoms with E-state index in [9.17, 15) is 4.79 Å². The lowest BCUT2D eigenvalue weighted by Crippen LogP contribution is -2.20. The molecule has 0 spiro atoms. The lowest BCUT2D eigenvalue weighted by Gasteiger charge is -2.26. The number of fused-ring (bicyclic) bond motifs is 1. The standard InChI is InChI=1S/C18H18O3/c1-12-6-7-17-15(8-12)16(19)10-18(21-17)14-5-3-4-13(9-14)11-20-2/h3-9,18H,10-11H2,1-2H3. The third-order valence-electron chi connectivity index (χ3n) is 3.71. The number of hydrogen-bond donors (Lipinski definition) is 0. The van der Waals surface area contributed by atoms with Gasteiger partial charge in [0, 0.05) is 7.11 Å². The summed E-state index contributed by atoms with van der Waals surface area (Å²) in [5.74, 6) is 0.820. The SMILES string of the molecule is COCc1cccc(C2CC(=O)c3cc(C)ccc3O2)c1. The Morgan fingerprint density at radius 2 is 2.10 bits per heavy atom. The Balaban J connectivity index is 1.90. The van der Waals surface area contributed by atoms with Gasteiger partial charge in [0.2, 0.25) is 0 Å². The predicted octanol–water partition coefficient (Wildman–Crippen LogP) is 3.85. The molecule has 2 aromatic rings. The molecule has 0 saturated heterocycles. The van der Waals surface area contributed by atoms with E-state index in [0.29, 0.717) is 24.3 Å². The fourth-order valence-corrected chi connectivity index (χ4v) is 2.67. The number of ether oxygens (including phenoxy) is 2. The maximum atomic E-state index is 12.3. The molecule has 0 aromatic heterocycles. The number of benzene rings is 2. The molecule has 0 saturated carbocycles. The maximum absolute atomic E-state index is 12.3. The summed E-state index contributed by atoms with van der Waals surface area (Å²) in [5.41, 5.74) is 3.87. The van der Waals surface area contributed by atoms with Crippen molar-refractivity contribution in [1.29, 1.82) is 0 Å². The maximum Gasteiger partial charge on any atom is 0.170 e. The number of hydrogen-bond acceptors (Lipinski definition) is 3. The van der Waals surface area contributed by atoms with Crippen molar-refractivity contribution in [3.8, 4) is 5.75 Å². The molecule has 3 heteroatoms. The van der Waals surface area contributed by atoms with Crippen LogP contribution in [-0.4, -0.2) is 12.9 Å². The number of ketones is 1. The highest BCUT2D eigenvalue weighted by Crippen LogP contribution is 2.35. The quantitative estimate of drug-likeness (QED) is 0.857. The average molecular weight is 282 g/mol. The zero-order chi connectivity index (χ0) is 14.8. The molecule has 0 amide bonds. The van der Waals surface area contributed by atoms with Crippen molar-refractivity contribution in [2.75, 3.05) is 7.11 Å². The third kappa shape index (κ3) is 2.83. The monoisotopic (exact) mass is 282 g/mol. The molecular formula is C18H18O3. The van der Waals surface area contributed by atoms with Crippen molar-refractivity contribution in [3.63, 3.8) is 0 Å². The van der Waals surface area contributed by atoms with Gasteiger partial charge < -0.3 is 9.47 Å². The smallest absolute Gasteiger partial charge is 0.170 e. The van der Waals surface area contributed by atoms with Gasteiger partial charge in [-0.1, -0.05) is 29.8 Å². The molecule has 1 unspecified atom stereocenters. The van der Waals surface area contributed by atoms with E-state index in [4.69, 9.17) is 9.47 Å². The van der Waals surface area contributed by atoms with Crippen LogP contribution in [0.5, 0.6) is 5.75 Å². The number of Topliss-reactive ketones (excluding diaryl/α,β-unsaturated/α-hetero) is 1. The number of carbonyl (C=O) groups is 1. The van der Waals surface area contributed by atoms with E-state index in [1.54, 1.807) is 7.11 Å². The summed E-state index contributed by atoms with van der Waals surface area (Å²) in [5, 5.41) is 0. The fourth-order valence-electron chi connectivity index (χ4n) is 2.67. The van der Waals surface area contributed by atoms with E-state index < -0.39 is 0 Å². The van der Waals surface area contributed by atoms with Gasteiger partial charge in [-0.05, 0) is 36.2 Å². The Kier molecular flexibility index (Phi) is 3.76. The second kappa shape index (κ2) is 5.70. The fraction of sp³-hybridized carbons (Fsp3) is 0.278. The molecule has 1 atom stereocenters. The number of aryl methyl sites for hydroxylation is 1. The summed E-state index contributed by atoms with van der Waals surface area (Å²) in [6.07, 6.45) is 0.164.